The van der Waals surface area contributed by atoms with Gasteiger partial charge in [-0.3, -0.25) is 4.79 Å². The predicted octanol–water partition coefficient (Wildman–Crippen LogP) is 3.81. The average molecular weight is 331 g/mol. The molecule has 4 nitrogen and oxygen atoms in total. The van der Waals surface area contributed by atoms with E-state index in [4.69, 9.17) is 0 Å². The maximum Gasteiger partial charge on any atom is 0.230 e. The Morgan fingerprint density at radius 2 is 1.96 bits per heavy atom. The molecule has 124 valence electrons. The lowest BCUT2D eigenvalue weighted by Crippen LogP contribution is -2.34. The Morgan fingerprint density at radius 1 is 1.26 bits per heavy atom. The van der Waals surface area contributed by atoms with Crippen LogP contribution < -0.4 is 5.32 Å². The summed E-state index contributed by atoms with van der Waals surface area (Å²) in [7, 11) is 1.93. The third-order valence-electron chi connectivity index (χ3n) is 4.10. The van der Waals surface area contributed by atoms with Crippen molar-refractivity contribution in [3.63, 3.8) is 0 Å². The van der Waals surface area contributed by atoms with Crippen molar-refractivity contribution in [3.8, 4) is 0 Å². The van der Waals surface area contributed by atoms with Crippen molar-refractivity contribution in [3.05, 3.63) is 48.3 Å². The fourth-order valence-electron chi connectivity index (χ4n) is 2.73. The molecule has 0 radical (unpaired) electrons. The Kier molecular flexibility index (Phi) is 6.71. The number of rotatable bonds is 8. The summed E-state index contributed by atoms with van der Waals surface area (Å²) in [4.78, 5) is 16.6. The van der Waals surface area contributed by atoms with Gasteiger partial charge in [0.25, 0.3) is 0 Å². The molecule has 2 aromatic rings. The van der Waals surface area contributed by atoms with Crippen LogP contribution in [0.4, 0.5) is 0 Å². The first-order valence-corrected chi connectivity index (χ1v) is 9.08. The lowest BCUT2D eigenvalue weighted by Gasteiger charge is -2.27. The number of thioether (sulfide) groups is 1. The second kappa shape index (κ2) is 8.77. The van der Waals surface area contributed by atoms with Crippen LogP contribution in [0, 0.1) is 5.92 Å². The van der Waals surface area contributed by atoms with Crippen LogP contribution in [0.5, 0.6) is 0 Å². The van der Waals surface area contributed by atoms with Crippen molar-refractivity contribution in [1.29, 1.82) is 0 Å². The number of nitrogens with zero attached hydrogens (tertiary/aromatic N) is 2. The first kappa shape index (κ1) is 17.6. The molecule has 1 atom stereocenters. The maximum absolute atomic E-state index is 12.4. The smallest absolute Gasteiger partial charge is 0.230 e. The molecule has 1 heterocycles. The molecule has 5 heteroatoms. The van der Waals surface area contributed by atoms with Crippen molar-refractivity contribution in [1.82, 2.24) is 14.9 Å². The Bertz CT molecular complexity index is 608. The Morgan fingerprint density at radius 3 is 2.52 bits per heavy atom. The highest BCUT2D eigenvalue weighted by Gasteiger charge is 2.22. The summed E-state index contributed by atoms with van der Waals surface area (Å²) in [5, 5.41) is 4.08. The highest BCUT2D eigenvalue weighted by atomic mass is 32.2. The quantitative estimate of drug-likeness (QED) is 0.748. The van der Waals surface area contributed by atoms with Gasteiger partial charge in [-0.2, -0.15) is 0 Å². The van der Waals surface area contributed by atoms with E-state index in [9.17, 15) is 4.79 Å². The summed E-state index contributed by atoms with van der Waals surface area (Å²) in [5.74, 6) is 0.882. The Hall–Kier alpha value is -1.75. The molecule has 0 aliphatic heterocycles. The lowest BCUT2D eigenvalue weighted by atomic mass is 9.89. The van der Waals surface area contributed by atoms with Crippen LogP contribution >= 0.6 is 11.8 Å². The van der Waals surface area contributed by atoms with E-state index in [0.29, 0.717) is 11.7 Å². The van der Waals surface area contributed by atoms with Gasteiger partial charge in [-0.15, -0.1) is 0 Å². The average Bonchev–Trinajstić information content (AvgIpc) is 2.99. The SMILES string of the molecule is CCC(CC)[C@H](NC(=O)CSc1nccn1C)c1ccccc1. The van der Waals surface area contributed by atoms with E-state index in [-0.39, 0.29) is 11.9 Å². The summed E-state index contributed by atoms with van der Waals surface area (Å²) < 4.78 is 1.92. The van der Waals surface area contributed by atoms with Gasteiger partial charge < -0.3 is 9.88 Å². The summed E-state index contributed by atoms with van der Waals surface area (Å²) in [6.07, 6.45) is 5.72. The zero-order valence-corrected chi connectivity index (χ0v) is 14.8. The van der Waals surface area contributed by atoms with Crippen LogP contribution in [0.25, 0.3) is 0 Å². The number of imidazole rings is 1. The van der Waals surface area contributed by atoms with Gasteiger partial charge in [0.15, 0.2) is 5.16 Å². The molecule has 0 fully saturated rings. The molecule has 1 N–H and O–H groups in total. The highest BCUT2D eigenvalue weighted by Crippen LogP contribution is 2.27. The third-order valence-corrected chi connectivity index (χ3v) is 5.16. The number of amides is 1. The van der Waals surface area contributed by atoms with Crippen molar-refractivity contribution >= 4 is 17.7 Å². The molecule has 0 saturated carbocycles. The van der Waals surface area contributed by atoms with Crippen molar-refractivity contribution in [2.45, 2.75) is 37.9 Å². The minimum Gasteiger partial charge on any atom is -0.348 e. The first-order chi connectivity index (χ1) is 11.2. The molecular formula is C18H25N3OS. The number of benzene rings is 1. The molecule has 1 amide bonds. The van der Waals surface area contributed by atoms with E-state index >= 15 is 0 Å². The lowest BCUT2D eigenvalue weighted by molar-refractivity contribution is -0.119. The van der Waals surface area contributed by atoms with Gasteiger partial charge in [0.05, 0.1) is 11.8 Å². The fraction of sp³-hybridized carbons (Fsp3) is 0.444. The first-order valence-electron chi connectivity index (χ1n) is 8.10. The molecule has 0 unspecified atom stereocenters. The Balaban J connectivity index is 2.02. The number of hydrogen-bond acceptors (Lipinski definition) is 3. The van der Waals surface area contributed by atoms with Crippen molar-refractivity contribution in [2.24, 2.45) is 13.0 Å². The number of hydrogen-bond donors (Lipinski definition) is 1. The van der Waals surface area contributed by atoms with E-state index in [1.807, 2.05) is 36.0 Å². The second-order valence-electron chi connectivity index (χ2n) is 5.64. The van der Waals surface area contributed by atoms with E-state index in [1.165, 1.54) is 17.3 Å². The fourth-order valence-corrected chi connectivity index (χ4v) is 3.47. The monoisotopic (exact) mass is 331 g/mol. The van der Waals surface area contributed by atoms with Crippen LogP contribution in [0.2, 0.25) is 0 Å². The Labute approximate surface area is 142 Å². The van der Waals surface area contributed by atoms with Gasteiger partial charge in [-0.1, -0.05) is 68.8 Å². The van der Waals surface area contributed by atoms with Gasteiger partial charge in [0.2, 0.25) is 5.91 Å². The second-order valence-corrected chi connectivity index (χ2v) is 6.58. The van der Waals surface area contributed by atoms with Crippen LogP contribution in [-0.2, 0) is 11.8 Å². The molecule has 1 aromatic heterocycles. The van der Waals surface area contributed by atoms with E-state index in [2.05, 4.69) is 36.3 Å². The molecule has 2 rings (SSSR count). The third kappa shape index (κ3) is 4.86. The van der Waals surface area contributed by atoms with E-state index in [1.54, 1.807) is 6.20 Å². The molecular weight excluding hydrogens is 306 g/mol. The number of carbonyl (C=O) groups excluding carboxylic acids is 1. The van der Waals surface area contributed by atoms with Gasteiger partial charge in [0, 0.05) is 19.4 Å². The maximum atomic E-state index is 12.4. The summed E-state index contributed by atoms with van der Waals surface area (Å²) in [5.41, 5.74) is 1.18. The minimum absolute atomic E-state index is 0.0544. The van der Waals surface area contributed by atoms with Gasteiger partial charge in [0.1, 0.15) is 0 Å². The zero-order valence-electron chi connectivity index (χ0n) is 14.0. The standard InChI is InChI=1S/C18H25N3OS/c1-4-14(5-2)17(15-9-7-6-8-10-15)20-16(22)13-23-18-19-11-12-21(18)3/h6-12,14,17H,4-5,13H2,1-3H3,(H,20,22)/t17-/m0/s1. The molecule has 0 bridgehead atoms. The number of aryl methyl sites for hydroxylation is 1. The molecule has 0 aliphatic rings. The molecule has 1 aromatic carbocycles. The zero-order chi connectivity index (χ0) is 16.7. The van der Waals surface area contributed by atoms with Crippen LogP contribution in [0.3, 0.4) is 0 Å². The van der Waals surface area contributed by atoms with Gasteiger partial charge >= 0.3 is 0 Å². The van der Waals surface area contributed by atoms with E-state index < -0.39 is 0 Å². The number of nitrogens with one attached hydrogen (secondary N) is 1. The normalized spacial score (nSPS) is 12.3. The van der Waals surface area contributed by atoms with Crippen molar-refractivity contribution in [2.75, 3.05) is 5.75 Å². The van der Waals surface area contributed by atoms with Crippen LogP contribution in [0.15, 0.2) is 47.9 Å². The van der Waals surface area contributed by atoms with Crippen LogP contribution in [-0.4, -0.2) is 21.2 Å². The molecule has 0 spiro atoms. The van der Waals surface area contributed by atoms with Gasteiger partial charge in [-0.25, -0.2) is 4.98 Å². The van der Waals surface area contributed by atoms with Crippen LogP contribution in [0.1, 0.15) is 38.3 Å². The number of carbonyl (C=O) groups is 1. The topological polar surface area (TPSA) is 46.9 Å². The molecule has 23 heavy (non-hydrogen) atoms. The molecule has 0 aliphatic carbocycles. The summed E-state index contributed by atoms with van der Waals surface area (Å²) >= 11 is 1.47. The summed E-state index contributed by atoms with van der Waals surface area (Å²) in [6.45, 7) is 4.36. The molecule has 0 saturated heterocycles. The summed E-state index contributed by atoms with van der Waals surface area (Å²) in [6, 6.07) is 10.3. The van der Waals surface area contributed by atoms with Crippen molar-refractivity contribution < 1.29 is 4.79 Å². The number of aromatic nitrogens is 2. The highest BCUT2D eigenvalue weighted by molar-refractivity contribution is 7.99. The van der Waals surface area contributed by atoms with Gasteiger partial charge in [-0.05, 0) is 11.5 Å². The predicted molar refractivity (Wildman–Crippen MR) is 95.3 cm³/mol. The van der Waals surface area contributed by atoms with E-state index in [0.717, 1.165) is 18.0 Å². The largest absolute Gasteiger partial charge is 0.348 e. The minimum atomic E-state index is 0.0544.